The summed E-state index contributed by atoms with van der Waals surface area (Å²) in [7, 11) is 1.73. The number of methoxy groups -OCH3 is 1. The maximum Gasteiger partial charge on any atom is 0.138 e. The van der Waals surface area contributed by atoms with Gasteiger partial charge < -0.3 is 10.1 Å². The number of aromatic nitrogens is 2. The first-order valence-electron chi connectivity index (χ1n) is 6.31. The third kappa shape index (κ3) is 1.97. The Hall–Kier alpha value is -1.20. The molecule has 0 amide bonds. The molecule has 1 N–H and O–H groups in total. The highest BCUT2D eigenvalue weighted by molar-refractivity contribution is 7.19. The van der Waals surface area contributed by atoms with Crippen LogP contribution in [0.1, 0.15) is 23.8 Å². The second-order valence-corrected chi connectivity index (χ2v) is 5.77. The summed E-state index contributed by atoms with van der Waals surface area (Å²) in [5.41, 5.74) is 1.46. The lowest BCUT2D eigenvalue weighted by Gasteiger charge is -2.12. The minimum absolute atomic E-state index is 0.182. The Morgan fingerprint density at radius 2 is 2.33 bits per heavy atom. The van der Waals surface area contributed by atoms with Gasteiger partial charge in [-0.05, 0) is 31.7 Å². The van der Waals surface area contributed by atoms with Crippen LogP contribution in [0.3, 0.4) is 0 Å². The van der Waals surface area contributed by atoms with Gasteiger partial charge in [0.25, 0.3) is 0 Å². The summed E-state index contributed by atoms with van der Waals surface area (Å²) in [4.78, 5) is 11.4. The predicted octanol–water partition coefficient (Wildman–Crippen LogP) is 2.63. The summed E-state index contributed by atoms with van der Waals surface area (Å²) < 4.78 is 5.25. The molecule has 1 aliphatic carbocycles. The van der Waals surface area contributed by atoms with E-state index in [1.165, 1.54) is 28.7 Å². The minimum Gasteiger partial charge on any atom is -0.380 e. The molecule has 0 fully saturated rings. The van der Waals surface area contributed by atoms with Crippen LogP contribution < -0.4 is 5.32 Å². The fourth-order valence-corrected chi connectivity index (χ4v) is 3.62. The number of ether oxygens (including phenoxy) is 1. The van der Waals surface area contributed by atoms with Crippen molar-refractivity contribution in [3.05, 3.63) is 16.8 Å². The van der Waals surface area contributed by atoms with Crippen molar-refractivity contribution in [1.82, 2.24) is 9.97 Å². The third-order valence-corrected chi connectivity index (χ3v) is 4.66. The van der Waals surface area contributed by atoms with Crippen LogP contribution in [0.5, 0.6) is 0 Å². The highest BCUT2D eigenvalue weighted by atomic mass is 32.1. The molecule has 3 rings (SSSR count). The van der Waals surface area contributed by atoms with E-state index in [9.17, 15) is 0 Å². The number of hydrogen-bond donors (Lipinski definition) is 1. The number of nitrogens with one attached hydrogen (secondary N) is 1. The minimum atomic E-state index is 0.182. The highest BCUT2D eigenvalue weighted by Gasteiger charge is 2.21. The van der Waals surface area contributed by atoms with Crippen molar-refractivity contribution in [2.24, 2.45) is 0 Å². The first kappa shape index (κ1) is 11.9. The SMILES string of the molecule is COC(C)CNc1ncnc2sc3c(c12)CCC3. The maximum absolute atomic E-state index is 5.25. The van der Waals surface area contributed by atoms with E-state index in [1.54, 1.807) is 13.4 Å². The number of anilines is 1. The molecule has 0 spiro atoms. The molecule has 1 aliphatic rings. The lowest BCUT2D eigenvalue weighted by Crippen LogP contribution is -2.18. The lowest BCUT2D eigenvalue weighted by molar-refractivity contribution is 0.128. The van der Waals surface area contributed by atoms with Crippen molar-refractivity contribution in [1.29, 1.82) is 0 Å². The van der Waals surface area contributed by atoms with Crippen LogP contribution in [0.2, 0.25) is 0 Å². The van der Waals surface area contributed by atoms with Crippen molar-refractivity contribution in [3.63, 3.8) is 0 Å². The Morgan fingerprint density at radius 3 is 3.17 bits per heavy atom. The average Bonchev–Trinajstić information content (AvgIpc) is 2.95. The molecule has 5 heteroatoms. The van der Waals surface area contributed by atoms with E-state index in [0.29, 0.717) is 0 Å². The fraction of sp³-hybridized carbons (Fsp3) is 0.538. The maximum atomic E-state index is 5.25. The van der Waals surface area contributed by atoms with Crippen molar-refractivity contribution in [2.45, 2.75) is 32.3 Å². The summed E-state index contributed by atoms with van der Waals surface area (Å²) in [6.07, 6.45) is 5.46. The molecule has 0 saturated heterocycles. The molecule has 18 heavy (non-hydrogen) atoms. The van der Waals surface area contributed by atoms with Gasteiger partial charge >= 0.3 is 0 Å². The molecule has 1 atom stereocenters. The third-order valence-electron chi connectivity index (χ3n) is 3.46. The quantitative estimate of drug-likeness (QED) is 0.921. The molecule has 2 heterocycles. The van der Waals surface area contributed by atoms with Gasteiger partial charge in [0.15, 0.2) is 0 Å². The van der Waals surface area contributed by atoms with Crippen LogP contribution in [0.25, 0.3) is 10.2 Å². The summed E-state index contributed by atoms with van der Waals surface area (Å²) >= 11 is 1.82. The molecule has 4 nitrogen and oxygen atoms in total. The number of hydrogen-bond acceptors (Lipinski definition) is 5. The van der Waals surface area contributed by atoms with Gasteiger partial charge in [0.2, 0.25) is 0 Å². The van der Waals surface area contributed by atoms with Crippen molar-refractivity contribution < 1.29 is 4.74 Å². The molecular weight excluding hydrogens is 246 g/mol. The van der Waals surface area contributed by atoms with Gasteiger partial charge in [-0.1, -0.05) is 0 Å². The zero-order chi connectivity index (χ0) is 12.5. The highest BCUT2D eigenvalue weighted by Crippen LogP contribution is 2.38. The average molecular weight is 263 g/mol. The van der Waals surface area contributed by atoms with E-state index < -0.39 is 0 Å². The Kier molecular flexibility index (Phi) is 3.18. The summed E-state index contributed by atoms with van der Waals surface area (Å²) in [6, 6.07) is 0. The van der Waals surface area contributed by atoms with E-state index in [2.05, 4.69) is 15.3 Å². The smallest absolute Gasteiger partial charge is 0.138 e. The van der Waals surface area contributed by atoms with Crippen LogP contribution in [0.4, 0.5) is 5.82 Å². The fourth-order valence-electron chi connectivity index (χ4n) is 2.39. The molecule has 0 saturated carbocycles. The largest absolute Gasteiger partial charge is 0.380 e. The molecule has 0 aromatic carbocycles. The lowest BCUT2D eigenvalue weighted by atomic mass is 10.2. The van der Waals surface area contributed by atoms with E-state index in [4.69, 9.17) is 4.74 Å². The van der Waals surface area contributed by atoms with E-state index >= 15 is 0 Å². The first-order chi connectivity index (χ1) is 8.79. The Morgan fingerprint density at radius 1 is 1.44 bits per heavy atom. The van der Waals surface area contributed by atoms with Crippen LogP contribution in [-0.4, -0.2) is 29.7 Å². The Labute approximate surface area is 110 Å². The van der Waals surface area contributed by atoms with Gasteiger partial charge in [-0.2, -0.15) is 0 Å². The summed E-state index contributed by atoms with van der Waals surface area (Å²) in [5.74, 6) is 0.961. The van der Waals surface area contributed by atoms with Gasteiger partial charge in [-0.15, -0.1) is 11.3 Å². The number of fused-ring (bicyclic) bond motifs is 3. The second kappa shape index (κ2) is 4.82. The first-order valence-corrected chi connectivity index (χ1v) is 7.13. The molecule has 96 valence electrons. The normalized spacial score (nSPS) is 15.9. The van der Waals surface area contributed by atoms with Gasteiger partial charge in [-0.3, -0.25) is 0 Å². The zero-order valence-corrected chi connectivity index (χ0v) is 11.5. The Bertz CT molecular complexity index is 567. The topological polar surface area (TPSA) is 47.0 Å². The van der Waals surface area contributed by atoms with E-state index in [-0.39, 0.29) is 6.10 Å². The number of aryl methyl sites for hydroxylation is 2. The monoisotopic (exact) mass is 263 g/mol. The molecular formula is C13H17N3OS. The molecule has 0 bridgehead atoms. The second-order valence-electron chi connectivity index (χ2n) is 4.69. The van der Waals surface area contributed by atoms with Crippen molar-refractivity contribution >= 4 is 27.4 Å². The Balaban J connectivity index is 1.96. The summed E-state index contributed by atoms with van der Waals surface area (Å²) in [5, 5.41) is 4.62. The standard InChI is InChI=1S/C13H17N3OS/c1-8(17-2)6-14-12-11-9-4-3-5-10(9)18-13(11)16-7-15-12/h7-8H,3-6H2,1-2H3,(H,14,15,16). The van der Waals surface area contributed by atoms with Crippen LogP contribution in [0, 0.1) is 0 Å². The van der Waals surface area contributed by atoms with Gasteiger partial charge in [0, 0.05) is 18.5 Å². The molecule has 2 aromatic heterocycles. The molecule has 1 unspecified atom stereocenters. The van der Waals surface area contributed by atoms with Crippen LogP contribution in [0.15, 0.2) is 6.33 Å². The van der Waals surface area contributed by atoms with E-state index in [1.807, 2.05) is 18.3 Å². The van der Waals surface area contributed by atoms with Crippen molar-refractivity contribution in [3.8, 4) is 0 Å². The number of nitrogens with zero attached hydrogens (tertiary/aromatic N) is 2. The van der Waals surface area contributed by atoms with Gasteiger partial charge in [0.1, 0.15) is 17.0 Å². The van der Waals surface area contributed by atoms with Crippen LogP contribution >= 0.6 is 11.3 Å². The molecule has 0 radical (unpaired) electrons. The van der Waals surface area contributed by atoms with Gasteiger partial charge in [-0.25, -0.2) is 9.97 Å². The molecule has 0 aliphatic heterocycles. The molecule has 2 aromatic rings. The number of rotatable bonds is 4. The number of thiophene rings is 1. The summed E-state index contributed by atoms with van der Waals surface area (Å²) in [6.45, 7) is 2.82. The zero-order valence-electron chi connectivity index (χ0n) is 10.7. The van der Waals surface area contributed by atoms with Gasteiger partial charge in [0.05, 0.1) is 11.5 Å². The van der Waals surface area contributed by atoms with Crippen LogP contribution in [-0.2, 0) is 17.6 Å². The predicted molar refractivity (Wildman–Crippen MR) is 74.4 cm³/mol. The van der Waals surface area contributed by atoms with E-state index in [0.717, 1.165) is 23.6 Å². The van der Waals surface area contributed by atoms with Crippen molar-refractivity contribution in [2.75, 3.05) is 19.0 Å².